The summed E-state index contributed by atoms with van der Waals surface area (Å²) in [5.74, 6) is -0.682. The topological polar surface area (TPSA) is 91.9 Å². The van der Waals surface area contributed by atoms with Gasteiger partial charge in [0, 0.05) is 18.3 Å². The fraction of sp³-hybridized carbons (Fsp3) is 0.556. The predicted octanol–water partition coefficient (Wildman–Crippen LogP) is 0.261. The summed E-state index contributed by atoms with van der Waals surface area (Å²) in [5.41, 5.74) is -0.0945. The molecule has 1 saturated carbocycles. The summed E-state index contributed by atoms with van der Waals surface area (Å²) < 4.78 is 25.3. The summed E-state index contributed by atoms with van der Waals surface area (Å²) in [4.78, 5) is 17.6. The van der Waals surface area contributed by atoms with Gasteiger partial charge in [-0.05, 0) is 11.8 Å². The van der Waals surface area contributed by atoms with Crippen molar-refractivity contribution in [3.05, 3.63) is 12.4 Å². The van der Waals surface area contributed by atoms with Crippen LogP contribution in [0.25, 0.3) is 0 Å². The van der Waals surface area contributed by atoms with E-state index in [1.54, 1.807) is 0 Å². The van der Waals surface area contributed by atoms with Gasteiger partial charge < -0.3 is 4.98 Å². The third-order valence-corrected chi connectivity index (χ3v) is 3.99. The van der Waals surface area contributed by atoms with E-state index in [2.05, 4.69) is 9.97 Å². The van der Waals surface area contributed by atoms with E-state index in [9.17, 15) is 13.2 Å². The van der Waals surface area contributed by atoms with E-state index in [0.717, 1.165) is 0 Å². The molecule has 1 heterocycles. The molecule has 2 N–H and O–H groups in total. The minimum absolute atomic E-state index is 0.0945. The Balaban J connectivity index is 2.09. The minimum Gasteiger partial charge on any atom is -0.334 e. The SMILES string of the molecule is CC1(C)C[C@@H]1C(=O)NS(=O)(=O)c1ncc[nH]1. The van der Waals surface area contributed by atoms with Gasteiger partial charge >= 0.3 is 0 Å². The van der Waals surface area contributed by atoms with E-state index < -0.39 is 15.9 Å². The van der Waals surface area contributed by atoms with Crippen molar-refractivity contribution >= 4 is 15.9 Å². The van der Waals surface area contributed by atoms with E-state index in [-0.39, 0.29) is 16.5 Å². The number of rotatable bonds is 3. The van der Waals surface area contributed by atoms with Crippen molar-refractivity contribution in [2.75, 3.05) is 0 Å². The number of nitrogens with one attached hydrogen (secondary N) is 2. The van der Waals surface area contributed by atoms with Crippen molar-refractivity contribution in [3.63, 3.8) is 0 Å². The molecule has 1 fully saturated rings. The maximum absolute atomic E-state index is 11.6. The van der Waals surface area contributed by atoms with Gasteiger partial charge in [-0.3, -0.25) is 4.79 Å². The number of hydrogen-bond donors (Lipinski definition) is 2. The normalized spacial score (nSPS) is 22.8. The molecule has 0 aromatic carbocycles. The van der Waals surface area contributed by atoms with Gasteiger partial charge in [-0.25, -0.2) is 9.71 Å². The van der Waals surface area contributed by atoms with E-state index in [0.29, 0.717) is 6.42 Å². The molecule has 88 valence electrons. The standard InChI is InChI=1S/C9H13N3O3S/c1-9(2)5-6(9)7(13)12-16(14,15)8-10-3-4-11-8/h3-4,6H,5H2,1-2H3,(H,10,11)(H,12,13)/t6-/m1/s1. The van der Waals surface area contributed by atoms with Crippen LogP contribution in [-0.2, 0) is 14.8 Å². The van der Waals surface area contributed by atoms with E-state index >= 15 is 0 Å². The van der Waals surface area contributed by atoms with Gasteiger partial charge in [0.15, 0.2) is 0 Å². The Morgan fingerprint density at radius 2 is 2.25 bits per heavy atom. The number of aromatic nitrogens is 2. The average Bonchev–Trinajstić information content (AvgIpc) is 2.67. The lowest BCUT2D eigenvalue weighted by Gasteiger charge is -2.05. The maximum Gasteiger partial charge on any atom is 0.297 e. The monoisotopic (exact) mass is 243 g/mol. The van der Waals surface area contributed by atoms with Gasteiger partial charge in [0.25, 0.3) is 10.0 Å². The number of hydrogen-bond acceptors (Lipinski definition) is 4. The van der Waals surface area contributed by atoms with Crippen LogP contribution in [0, 0.1) is 11.3 Å². The molecule has 0 saturated heterocycles. The van der Waals surface area contributed by atoms with Crippen LogP contribution in [0.5, 0.6) is 0 Å². The Morgan fingerprint density at radius 1 is 1.62 bits per heavy atom. The number of aromatic amines is 1. The van der Waals surface area contributed by atoms with E-state index in [1.807, 2.05) is 18.6 Å². The van der Waals surface area contributed by atoms with Crippen LogP contribution < -0.4 is 4.72 Å². The van der Waals surface area contributed by atoms with Gasteiger partial charge in [0.2, 0.25) is 11.1 Å². The van der Waals surface area contributed by atoms with Gasteiger partial charge in [-0.1, -0.05) is 13.8 Å². The first-order valence-corrected chi connectivity index (χ1v) is 6.37. The van der Waals surface area contributed by atoms with E-state index in [1.165, 1.54) is 12.4 Å². The van der Waals surface area contributed by atoms with Crippen LogP contribution >= 0.6 is 0 Å². The van der Waals surface area contributed by atoms with Crippen molar-refractivity contribution in [3.8, 4) is 0 Å². The highest BCUT2D eigenvalue weighted by Gasteiger charge is 2.51. The van der Waals surface area contributed by atoms with Crippen molar-refractivity contribution < 1.29 is 13.2 Å². The van der Waals surface area contributed by atoms with Crippen molar-refractivity contribution in [1.82, 2.24) is 14.7 Å². The third kappa shape index (κ3) is 1.95. The van der Waals surface area contributed by atoms with Gasteiger partial charge in [0.1, 0.15) is 0 Å². The molecule has 0 radical (unpaired) electrons. The Bertz CT molecular complexity index is 504. The number of carbonyl (C=O) groups excluding carboxylic acids is 1. The minimum atomic E-state index is -3.84. The molecule has 16 heavy (non-hydrogen) atoms. The summed E-state index contributed by atoms with van der Waals surface area (Å²) in [7, 11) is -3.84. The van der Waals surface area contributed by atoms with Crippen LogP contribution in [0.15, 0.2) is 17.6 Å². The summed E-state index contributed by atoms with van der Waals surface area (Å²) in [6.07, 6.45) is 3.42. The first kappa shape index (κ1) is 11.1. The average molecular weight is 243 g/mol. The first-order valence-electron chi connectivity index (χ1n) is 4.89. The smallest absolute Gasteiger partial charge is 0.297 e. The lowest BCUT2D eigenvalue weighted by atomic mass is 10.1. The second kappa shape index (κ2) is 3.31. The van der Waals surface area contributed by atoms with Crippen LogP contribution in [-0.4, -0.2) is 24.3 Å². The molecule has 0 spiro atoms. The molecule has 0 unspecified atom stereocenters. The number of nitrogens with zero attached hydrogens (tertiary/aromatic N) is 1. The third-order valence-electron chi connectivity index (χ3n) is 2.79. The lowest BCUT2D eigenvalue weighted by molar-refractivity contribution is -0.121. The number of H-pyrrole nitrogens is 1. The molecule has 1 aromatic heterocycles. The molecular weight excluding hydrogens is 230 g/mol. The predicted molar refractivity (Wildman–Crippen MR) is 55.8 cm³/mol. The molecule has 6 nitrogen and oxygen atoms in total. The Hall–Kier alpha value is -1.37. The largest absolute Gasteiger partial charge is 0.334 e. The lowest BCUT2D eigenvalue weighted by Crippen LogP contribution is -2.33. The zero-order valence-electron chi connectivity index (χ0n) is 9.02. The molecule has 1 atom stereocenters. The molecule has 2 rings (SSSR count). The number of carbonyl (C=O) groups is 1. The van der Waals surface area contributed by atoms with Crippen molar-refractivity contribution in [2.24, 2.45) is 11.3 Å². The van der Waals surface area contributed by atoms with Crippen LogP contribution in [0.2, 0.25) is 0 Å². The van der Waals surface area contributed by atoms with Crippen molar-refractivity contribution in [1.29, 1.82) is 0 Å². The second-order valence-corrected chi connectivity index (χ2v) is 6.21. The molecule has 7 heteroatoms. The summed E-state index contributed by atoms with van der Waals surface area (Å²) in [6, 6.07) is 0. The number of imidazole rings is 1. The van der Waals surface area contributed by atoms with E-state index in [4.69, 9.17) is 0 Å². The molecule has 1 aliphatic carbocycles. The summed E-state index contributed by atoms with van der Waals surface area (Å²) in [6.45, 7) is 3.85. The molecule has 1 amide bonds. The van der Waals surface area contributed by atoms with Crippen LogP contribution in [0.1, 0.15) is 20.3 Å². The molecule has 1 aliphatic rings. The Kier molecular flexibility index (Phi) is 2.30. The molecular formula is C9H13N3O3S. The summed E-state index contributed by atoms with van der Waals surface area (Å²) in [5, 5.41) is -0.237. The highest BCUT2D eigenvalue weighted by Crippen LogP contribution is 2.51. The number of amides is 1. The van der Waals surface area contributed by atoms with Gasteiger partial charge in [-0.2, -0.15) is 8.42 Å². The van der Waals surface area contributed by atoms with Gasteiger partial charge in [0.05, 0.1) is 0 Å². The maximum atomic E-state index is 11.6. The molecule has 0 aliphatic heterocycles. The van der Waals surface area contributed by atoms with Crippen LogP contribution in [0.4, 0.5) is 0 Å². The quantitative estimate of drug-likeness (QED) is 0.796. The Morgan fingerprint density at radius 3 is 2.69 bits per heavy atom. The second-order valence-electron chi connectivity index (χ2n) is 4.61. The summed E-state index contributed by atoms with van der Waals surface area (Å²) >= 11 is 0. The zero-order chi connectivity index (χ0) is 12.0. The Labute approximate surface area is 93.5 Å². The van der Waals surface area contributed by atoms with Gasteiger partial charge in [-0.15, -0.1) is 0 Å². The molecule has 1 aromatic rings. The fourth-order valence-corrected chi connectivity index (χ4v) is 2.49. The molecule has 0 bridgehead atoms. The fourth-order valence-electron chi connectivity index (χ4n) is 1.56. The highest BCUT2D eigenvalue weighted by molar-refractivity contribution is 7.89. The first-order chi connectivity index (χ1) is 7.33. The van der Waals surface area contributed by atoms with Crippen LogP contribution in [0.3, 0.4) is 0 Å². The highest BCUT2D eigenvalue weighted by atomic mass is 32.2. The van der Waals surface area contributed by atoms with Crippen molar-refractivity contribution in [2.45, 2.75) is 25.4 Å². The zero-order valence-corrected chi connectivity index (χ0v) is 9.84. The number of sulfonamides is 1.